The lowest BCUT2D eigenvalue weighted by Crippen LogP contribution is -2.56. The molecule has 4 aliphatic rings. The summed E-state index contributed by atoms with van der Waals surface area (Å²) in [5.74, 6) is 3.02. The molecule has 4 saturated carbocycles. The molecule has 30 heavy (non-hydrogen) atoms. The van der Waals surface area contributed by atoms with Gasteiger partial charge in [0.1, 0.15) is 10.6 Å². The van der Waals surface area contributed by atoms with E-state index in [1.807, 2.05) is 37.3 Å². The summed E-state index contributed by atoms with van der Waals surface area (Å²) in [5, 5.41) is 8.38. The van der Waals surface area contributed by atoms with Crippen molar-refractivity contribution >= 4 is 39.6 Å². The van der Waals surface area contributed by atoms with Crippen LogP contribution in [0.15, 0.2) is 30.3 Å². The van der Waals surface area contributed by atoms with Crippen LogP contribution < -0.4 is 10.6 Å². The number of thiophene rings is 1. The van der Waals surface area contributed by atoms with Gasteiger partial charge in [0.15, 0.2) is 5.11 Å². The summed E-state index contributed by atoms with van der Waals surface area (Å²) in [6, 6.07) is 10.5. The fraction of sp³-hybridized carbons (Fsp3) is 0.500. The van der Waals surface area contributed by atoms with Crippen LogP contribution in [0.4, 0.5) is 5.00 Å². The van der Waals surface area contributed by atoms with Crippen molar-refractivity contribution in [1.29, 1.82) is 0 Å². The predicted octanol–water partition coefficient (Wildman–Crippen LogP) is 5.62. The molecule has 0 amide bonds. The zero-order valence-corrected chi connectivity index (χ0v) is 19.1. The van der Waals surface area contributed by atoms with E-state index in [4.69, 9.17) is 17.0 Å². The standard InChI is InChI=1S/C24H28N2O2S2/c1-13-19(16-6-4-3-5-7-16)20(23(27)28-2)22(30-13)26-24(29)25-21-17-9-14-8-15(11-17)12-18(21)10-14/h3-7,14-15,17-18,21H,8-12H2,1-2H3,(H2,25,26,29). The number of hydrogen-bond donors (Lipinski definition) is 2. The summed E-state index contributed by atoms with van der Waals surface area (Å²) in [7, 11) is 1.43. The summed E-state index contributed by atoms with van der Waals surface area (Å²) in [6.45, 7) is 2.04. The molecule has 0 unspecified atom stereocenters. The number of methoxy groups -OCH3 is 1. The first kappa shape index (κ1) is 20.0. The van der Waals surface area contributed by atoms with E-state index in [9.17, 15) is 4.79 Å². The minimum atomic E-state index is -0.335. The van der Waals surface area contributed by atoms with Crippen LogP contribution in [0.1, 0.15) is 47.3 Å². The summed E-state index contributed by atoms with van der Waals surface area (Å²) in [5.41, 5.74) is 2.51. The smallest absolute Gasteiger partial charge is 0.341 e. The Morgan fingerprint density at radius 3 is 2.30 bits per heavy atom. The van der Waals surface area contributed by atoms with Crippen LogP contribution in [0.5, 0.6) is 0 Å². The fourth-order valence-electron chi connectivity index (χ4n) is 6.33. The Hall–Kier alpha value is -1.92. The van der Waals surface area contributed by atoms with Crippen molar-refractivity contribution < 1.29 is 9.53 Å². The van der Waals surface area contributed by atoms with Crippen molar-refractivity contribution in [1.82, 2.24) is 5.32 Å². The number of carbonyl (C=O) groups is 1. The van der Waals surface area contributed by atoms with Gasteiger partial charge in [0.05, 0.1) is 7.11 Å². The zero-order valence-electron chi connectivity index (χ0n) is 17.4. The number of aryl methyl sites for hydroxylation is 1. The highest BCUT2D eigenvalue weighted by Crippen LogP contribution is 2.53. The van der Waals surface area contributed by atoms with Crippen LogP contribution in [-0.2, 0) is 4.74 Å². The maximum atomic E-state index is 12.7. The van der Waals surface area contributed by atoms with E-state index in [2.05, 4.69) is 10.6 Å². The molecule has 0 atom stereocenters. The van der Waals surface area contributed by atoms with Gasteiger partial charge < -0.3 is 15.4 Å². The van der Waals surface area contributed by atoms with Gasteiger partial charge in [0, 0.05) is 16.5 Å². The third-order valence-electron chi connectivity index (χ3n) is 7.29. The highest BCUT2D eigenvalue weighted by atomic mass is 32.1. The first-order chi connectivity index (χ1) is 14.5. The van der Waals surface area contributed by atoms with Crippen LogP contribution in [0, 0.1) is 30.6 Å². The van der Waals surface area contributed by atoms with Gasteiger partial charge in [-0.3, -0.25) is 0 Å². The molecule has 6 heteroatoms. The third kappa shape index (κ3) is 3.54. The van der Waals surface area contributed by atoms with E-state index in [1.165, 1.54) is 39.2 Å². The minimum absolute atomic E-state index is 0.335. The molecule has 4 bridgehead atoms. The summed E-state index contributed by atoms with van der Waals surface area (Å²) in [4.78, 5) is 13.8. The maximum Gasteiger partial charge on any atom is 0.341 e. The van der Waals surface area contributed by atoms with Crippen molar-refractivity contribution in [3.05, 3.63) is 40.8 Å². The molecule has 6 rings (SSSR count). The van der Waals surface area contributed by atoms with Gasteiger partial charge in [-0.25, -0.2) is 4.79 Å². The molecule has 2 N–H and O–H groups in total. The molecule has 158 valence electrons. The molecule has 4 aliphatic carbocycles. The number of benzene rings is 1. The molecule has 1 heterocycles. The van der Waals surface area contributed by atoms with Crippen molar-refractivity contribution in [2.24, 2.45) is 23.7 Å². The lowest BCUT2D eigenvalue weighted by atomic mass is 9.54. The van der Waals surface area contributed by atoms with E-state index >= 15 is 0 Å². The lowest BCUT2D eigenvalue weighted by Gasteiger charge is -2.54. The first-order valence-electron chi connectivity index (χ1n) is 10.9. The van der Waals surface area contributed by atoms with Gasteiger partial charge in [-0.2, -0.15) is 0 Å². The van der Waals surface area contributed by atoms with Crippen molar-refractivity contribution in [3.8, 4) is 11.1 Å². The predicted molar refractivity (Wildman–Crippen MR) is 126 cm³/mol. The topological polar surface area (TPSA) is 50.4 Å². The van der Waals surface area contributed by atoms with Gasteiger partial charge >= 0.3 is 5.97 Å². The Morgan fingerprint density at radius 1 is 1.07 bits per heavy atom. The van der Waals surface area contributed by atoms with Crippen LogP contribution >= 0.6 is 23.6 Å². The molecule has 0 radical (unpaired) electrons. The van der Waals surface area contributed by atoms with E-state index < -0.39 is 0 Å². The first-order valence-corrected chi connectivity index (χ1v) is 12.1. The fourth-order valence-corrected chi connectivity index (χ4v) is 7.70. The molecule has 2 aromatic rings. The molecule has 4 fully saturated rings. The molecule has 1 aromatic carbocycles. The van der Waals surface area contributed by atoms with E-state index in [1.54, 1.807) is 11.3 Å². The Labute approximate surface area is 187 Å². The van der Waals surface area contributed by atoms with Crippen molar-refractivity contribution in [3.63, 3.8) is 0 Å². The normalized spacial score (nSPS) is 28.9. The number of ether oxygens (including phenoxy) is 1. The Bertz CT molecular complexity index is 941. The maximum absolute atomic E-state index is 12.7. The molecule has 0 aliphatic heterocycles. The number of anilines is 1. The minimum Gasteiger partial charge on any atom is -0.465 e. The second-order valence-corrected chi connectivity index (χ2v) is 10.8. The van der Waals surface area contributed by atoms with E-state index in [-0.39, 0.29) is 5.97 Å². The van der Waals surface area contributed by atoms with Crippen molar-refractivity contribution in [2.45, 2.75) is 45.1 Å². The molecule has 1 aromatic heterocycles. The monoisotopic (exact) mass is 440 g/mol. The number of esters is 1. The molecule has 0 saturated heterocycles. The lowest BCUT2D eigenvalue weighted by molar-refractivity contribution is -0.00665. The highest BCUT2D eigenvalue weighted by Gasteiger charge is 2.48. The summed E-state index contributed by atoms with van der Waals surface area (Å²) in [6.07, 6.45) is 6.82. The van der Waals surface area contributed by atoms with E-state index in [0.717, 1.165) is 44.7 Å². The second kappa shape index (κ2) is 7.97. The second-order valence-electron chi connectivity index (χ2n) is 9.15. The Balaban J connectivity index is 1.38. The Morgan fingerprint density at radius 2 is 1.70 bits per heavy atom. The number of hydrogen-bond acceptors (Lipinski definition) is 4. The van der Waals surface area contributed by atoms with Gasteiger partial charge in [0.25, 0.3) is 0 Å². The summed E-state index contributed by atoms with van der Waals surface area (Å²) >= 11 is 7.28. The average molecular weight is 441 g/mol. The number of rotatable bonds is 4. The zero-order chi connectivity index (χ0) is 20.8. The summed E-state index contributed by atoms with van der Waals surface area (Å²) < 4.78 is 5.13. The van der Waals surface area contributed by atoms with Gasteiger partial charge in [-0.1, -0.05) is 30.3 Å². The van der Waals surface area contributed by atoms with E-state index in [0.29, 0.717) is 16.7 Å². The van der Waals surface area contributed by atoms with Crippen LogP contribution in [-0.4, -0.2) is 24.2 Å². The largest absolute Gasteiger partial charge is 0.465 e. The Kier molecular flexibility index (Phi) is 5.31. The van der Waals surface area contributed by atoms with Gasteiger partial charge in [-0.05, 0) is 80.5 Å². The van der Waals surface area contributed by atoms with Crippen molar-refractivity contribution in [2.75, 3.05) is 12.4 Å². The molecular weight excluding hydrogens is 412 g/mol. The number of nitrogens with one attached hydrogen (secondary N) is 2. The molecular formula is C24H28N2O2S2. The number of carbonyl (C=O) groups excluding carboxylic acids is 1. The molecule has 0 spiro atoms. The quantitative estimate of drug-likeness (QED) is 0.477. The van der Waals surface area contributed by atoms with Gasteiger partial charge in [0.2, 0.25) is 0 Å². The number of thiocarbonyl (C=S) groups is 1. The SMILES string of the molecule is COC(=O)c1c(NC(=S)NC2C3CC4CC(C3)CC2C4)sc(C)c1-c1ccccc1. The van der Waals surface area contributed by atoms with Crippen LogP contribution in [0.25, 0.3) is 11.1 Å². The molecule has 4 nitrogen and oxygen atoms in total. The third-order valence-corrected chi connectivity index (χ3v) is 8.53. The van der Waals surface area contributed by atoms with Gasteiger partial charge in [-0.15, -0.1) is 11.3 Å². The van der Waals surface area contributed by atoms with Crippen LogP contribution in [0.3, 0.4) is 0 Å². The highest BCUT2D eigenvalue weighted by molar-refractivity contribution is 7.80. The average Bonchev–Trinajstić information content (AvgIpc) is 3.05. The van der Waals surface area contributed by atoms with Crippen LogP contribution in [0.2, 0.25) is 0 Å².